The van der Waals surface area contributed by atoms with Crippen LogP contribution in [0, 0.1) is 0 Å². The van der Waals surface area contributed by atoms with Crippen molar-refractivity contribution in [3.63, 3.8) is 0 Å². The minimum atomic E-state index is -0.155. The highest BCUT2D eigenvalue weighted by molar-refractivity contribution is 5.99. The second kappa shape index (κ2) is 5.66. The number of nitrogens with one attached hydrogen (secondary N) is 1. The van der Waals surface area contributed by atoms with Gasteiger partial charge < -0.3 is 14.5 Å². The predicted octanol–water partition coefficient (Wildman–Crippen LogP) is 2.27. The Kier molecular flexibility index (Phi) is 3.55. The quantitative estimate of drug-likeness (QED) is 0.798. The van der Waals surface area contributed by atoms with E-state index >= 15 is 0 Å². The molecule has 1 amide bonds. The molecule has 0 bridgehead atoms. The molecule has 0 aliphatic rings. The summed E-state index contributed by atoms with van der Waals surface area (Å²) in [7, 11) is 1.62. The number of imidazole rings is 1. The molecule has 21 heavy (non-hydrogen) atoms. The number of amides is 1. The van der Waals surface area contributed by atoms with Gasteiger partial charge in [-0.25, -0.2) is 4.98 Å². The van der Waals surface area contributed by atoms with Crippen LogP contribution in [0.1, 0.15) is 15.9 Å². The lowest BCUT2D eigenvalue weighted by Crippen LogP contribution is -2.23. The average molecular weight is 281 g/mol. The summed E-state index contributed by atoms with van der Waals surface area (Å²) >= 11 is 0. The predicted molar refractivity (Wildman–Crippen MR) is 79.4 cm³/mol. The average Bonchev–Trinajstić information content (AvgIpc) is 3.01. The van der Waals surface area contributed by atoms with Gasteiger partial charge in [-0.2, -0.15) is 0 Å². The standard InChI is InChI=1S/C16H15N3O2/c1-21-14-7-3-2-5-12(14)11-18-16(20)13-6-4-9-19-10-8-17-15(13)19/h2-10H,11H2,1H3,(H,18,20). The first-order valence-electron chi connectivity index (χ1n) is 6.61. The highest BCUT2D eigenvalue weighted by Crippen LogP contribution is 2.17. The zero-order valence-corrected chi connectivity index (χ0v) is 11.6. The fraction of sp³-hybridized carbons (Fsp3) is 0.125. The summed E-state index contributed by atoms with van der Waals surface area (Å²) in [5, 5.41) is 2.90. The van der Waals surface area contributed by atoms with E-state index in [1.54, 1.807) is 19.4 Å². The Labute approximate surface area is 122 Å². The van der Waals surface area contributed by atoms with Gasteiger partial charge in [-0.05, 0) is 18.2 Å². The molecule has 0 aliphatic heterocycles. The van der Waals surface area contributed by atoms with Crippen LogP contribution >= 0.6 is 0 Å². The molecule has 0 aliphatic carbocycles. The number of nitrogens with zero attached hydrogens (tertiary/aromatic N) is 2. The van der Waals surface area contributed by atoms with Crippen LogP contribution in [0.5, 0.6) is 5.75 Å². The van der Waals surface area contributed by atoms with Crippen molar-refractivity contribution < 1.29 is 9.53 Å². The maximum absolute atomic E-state index is 12.3. The molecule has 2 aromatic heterocycles. The number of rotatable bonds is 4. The number of benzene rings is 1. The van der Waals surface area contributed by atoms with Gasteiger partial charge in [0, 0.05) is 30.7 Å². The number of fused-ring (bicyclic) bond motifs is 1. The third kappa shape index (κ3) is 2.58. The van der Waals surface area contributed by atoms with E-state index in [2.05, 4.69) is 10.3 Å². The zero-order valence-electron chi connectivity index (χ0n) is 11.6. The highest BCUT2D eigenvalue weighted by Gasteiger charge is 2.11. The van der Waals surface area contributed by atoms with Gasteiger partial charge in [0.15, 0.2) is 0 Å². The maximum Gasteiger partial charge on any atom is 0.255 e. The Bertz CT molecular complexity index is 780. The van der Waals surface area contributed by atoms with Gasteiger partial charge in [-0.3, -0.25) is 4.79 Å². The van der Waals surface area contributed by atoms with Gasteiger partial charge in [0.1, 0.15) is 11.4 Å². The number of carbonyl (C=O) groups is 1. The molecule has 1 N–H and O–H groups in total. The van der Waals surface area contributed by atoms with E-state index in [0.29, 0.717) is 17.8 Å². The Morgan fingerprint density at radius 3 is 2.95 bits per heavy atom. The SMILES string of the molecule is COc1ccccc1CNC(=O)c1cccn2ccnc12. The molecule has 5 heteroatoms. The third-order valence-corrected chi connectivity index (χ3v) is 3.30. The van der Waals surface area contributed by atoms with Crippen molar-refractivity contribution >= 4 is 11.6 Å². The van der Waals surface area contributed by atoms with Crippen LogP contribution in [-0.2, 0) is 6.54 Å². The molecule has 0 saturated heterocycles. The minimum absolute atomic E-state index is 0.155. The number of hydrogen-bond acceptors (Lipinski definition) is 3. The van der Waals surface area contributed by atoms with Crippen molar-refractivity contribution in [2.75, 3.05) is 7.11 Å². The molecular formula is C16H15N3O2. The molecule has 0 spiro atoms. The summed E-state index contributed by atoms with van der Waals surface area (Å²) < 4.78 is 7.09. The number of carbonyl (C=O) groups excluding carboxylic acids is 1. The molecule has 2 heterocycles. The topological polar surface area (TPSA) is 55.6 Å². The van der Waals surface area contributed by atoms with Gasteiger partial charge in [0.2, 0.25) is 0 Å². The van der Waals surface area contributed by atoms with Crippen molar-refractivity contribution in [1.29, 1.82) is 0 Å². The maximum atomic E-state index is 12.3. The molecule has 3 rings (SSSR count). The molecule has 0 saturated carbocycles. The summed E-state index contributed by atoms with van der Waals surface area (Å²) in [6.45, 7) is 0.407. The molecule has 0 fully saturated rings. The fourth-order valence-corrected chi connectivity index (χ4v) is 2.25. The van der Waals surface area contributed by atoms with Crippen LogP contribution in [0.15, 0.2) is 55.0 Å². The first-order chi connectivity index (χ1) is 10.3. The van der Waals surface area contributed by atoms with Crippen molar-refractivity contribution in [1.82, 2.24) is 14.7 Å². The number of para-hydroxylation sites is 1. The summed E-state index contributed by atoms with van der Waals surface area (Å²) in [5.41, 5.74) is 2.14. The molecule has 0 atom stereocenters. The summed E-state index contributed by atoms with van der Waals surface area (Å²) in [6.07, 6.45) is 5.35. The number of hydrogen-bond donors (Lipinski definition) is 1. The van der Waals surface area contributed by atoms with Crippen molar-refractivity contribution in [3.05, 3.63) is 66.1 Å². The summed E-state index contributed by atoms with van der Waals surface area (Å²) in [4.78, 5) is 16.5. The van der Waals surface area contributed by atoms with E-state index in [9.17, 15) is 4.79 Å². The van der Waals surface area contributed by atoms with Crippen LogP contribution in [0.2, 0.25) is 0 Å². The molecule has 0 radical (unpaired) electrons. The van der Waals surface area contributed by atoms with E-state index in [1.807, 2.05) is 47.1 Å². The lowest BCUT2D eigenvalue weighted by molar-refractivity contribution is 0.0952. The highest BCUT2D eigenvalue weighted by atomic mass is 16.5. The van der Waals surface area contributed by atoms with E-state index in [1.165, 1.54) is 0 Å². The second-order valence-electron chi connectivity index (χ2n) is 4.57. The number of aromatic nitrogens is 2. The van der Waals surface area contributed by atoms with Gasteiger partial charge in [-0.1, -0.05) is 18.2 Å². The Morgan fingerprint density at radius 2 is 2.10 bits per heavy atom. The van der Waals surface area contributed by atoms with Gasteiger partial charge in [0.05, 0.1) is 12.7 Å². The summed E-state index contributed by atoms with van der Waals surface area (Å²) in [5.74, 6) is 0.606. The van der Waals surface area contributed by atoms with E-state index in [4.69, 9.17) is 4.74 Å². The van der Waals surface area contributed by atoms with Crippen LogP contribution in [0.4, 0.5) is 0 Å². The lowest BCUT2D eigenvalue weighted by atomic mass is 10.2. The van der Waals surface area contributed by atoms with Crippen LogP contribution < -0.4 is 10.1 Å². The van der Waals surface area contributed by atoms with Crippen LogP contribution in [0.25, 0.3) is 5.65 Å². The monoisotopic (exact) mass is 281 g/mol. The first-order valence-corrected chi connectivity index (χ1v) is 6.61. The molecule has 0 unspecified atom stereocenters. The van der Waals surface area contributed by atoms with Crippen molar-refractivity contribution in [2.24, 2.45) is 0 Å². The molecule has 5 nitrogen and oxygen atoms in total. The first kappa shape index (κ1) is 13.2. The third-order valence-electron chi connectivity index (χ3n) is 3.30. The molecular weight excluding hydrogens is 266 g/mol. The number of methoxy groups -OCH3 is 1. The van der Waals surface area contributed by atoms with E-state index in [0.717, 1.165) is 11.3 Å². The van der Waals surface area contributed by atoms with Gasteiger partial charge in [-0.15, -0.1) is 0 Å². The zero-order chi connectivity index (χ0) is 14.7. The van der Waals surface area contributed by atoms with Gasteiger partial charge >= 0.3 is 0 Å². The van der Waals surface area contributed by atoms with Crippen LogP contribution in [-0.4, -0.2) is 22.4 Å². The molecule has 3 aromatic rings. The van der Waals surface area contributed by atoms with E-state index < -0.39 is 0 Å². The molecule has 106 valence electrons. The number of pyridine rings is 1. The van der Waals surface area contributed by atoms with Crippen molar-refractivity contribution in [2.45, 2.75) is 6.54 Å². The molecule has 1 aromatic carbocycles. The largest absolute Gasteiger partial charge is 0.496 e. The van der Waals surface area contributed by atoms with E-state index in [-0.39, 0.29) is 5.91 Å². The minimum Gasteiger partial charge on any atom is -0.496 e. The smallest absolute Gasteiger partial charge is 0.255 e. The second-order valence-corrected chi connectivity index (χ2v) is 4.57. The normalized spacial score (nSPS) is 10.5. The lowest BCUT2D eigenvalue weighted by Gasteiger charge is -2.10. The van der Waals surface area contributed by atoms with Crippen molar-refractivity contribution in [3.8, 4) is 5.75 Å². The summed E-state index contributed by atoms with van der Waals surface area (Å²) in [6, 6.07) is 11.2. The van der Waals surface area contributed by atoms with Gasteiger partial charge in [0.25, 0.3) is 5.91 Å². The Morgan fingerprint density at radius 1 is 1.24 bits per heavy atom. The fourth-order valence-electron chi connectivity index (χ4n) is 2.25. The van der Waals surface area contributed by atoms with Crippen LogP contribution in [0.3, 0.4) is 0 Å². The Hall–Kier alpha value is -2.82. The number of ether oxygens (including phenoxy) is 1. The Balaban J connectivity index is 1.79.